The van der Waals surface area contributed by atoms with Crippen molar-refractivity contribution in [3.8, 4) is 5.75 Å². The molecule has 22 heavy (non-hydrogen) atoms. The zero-order chi connectivity index (χ0) is 16.3. The lowest BCUT2D eigenvalue weighted by atomic mass is 10.0. The Bertz CT molecular complexity index is 500. The van der Waals surface area contributed by atoms with Gasteiger partial charge in [-0.25, -0.2) is 4.79 Å². The Hall–Kier alpha value is -1.91. The van der Waals surface area contributed by atoms with Crippen molar-refractivity contribution in [3.05, 3.63) is 24.3 Å². The minimum Gasteiger partial charge on any atom is -0.508 e. The average molecular weight is 306 g/mol. The standard InChI is InChI=1S/C17H26N2O3/c1-17(2,3)22-16(21)18(4)13-9-11-19(12-10-13)14-5-7-15(20)8-6-14/h5-8,13,20H,9-12H2,1-4H3. The fourth-order valence-electron chi connectivity index (χ4n) is 2.66. The number of rotatable bonds is 2. The van der Waals surface area contributed by atoms with Crippen LogP contribution in [0.15, 0.2) is 24.3 Å². The molecule has 0 spiro atoms. The minimum absolute atomic E-state index is 0.211. The van der Waals surface area contributed by atoms with E-state index < -0.39 is 5.60 Å². The molecule has 1 amide bonds. The number of nitrogens with zero attached hydrogens (tertiary/aromatic N) is 2. The van der Waals surface area contributed by atoms with Crippen LogP contribution in [0.1, 0.15) is 33.6 Å². The summed E-state index contributed by atoms with van der Waals surface area (Å²) in [5.74, 6) is 0.281. The number of anilines is 1. The number of hydrogen-bond acceptors (Lipinski definition) is 4. The number of ether oxygens (including phenoxy) is 1. The third-order valence-electron chi connectivity index (χ3n) is 3.91. The summed E-state index contributed by atoms with van der Waals surface area (Å²) in [5.41, 5.74) is 0.647. The number of aromatic hydroxyl groups is 1. The van der Waals surface area contributed by atoms with Crippen LogP contribution in [0, 0.1) is 0 Å². The summed E-state index contributed by atoms with van der Waals surface area (Å²) in [7, 11) is 1.81. The van der Waals surface area contributed by atoms with Gasteiger partial charge in [-0.2, -0.15) is 0 Å². The van der Waals surface area contributed by atoms with Crippen LogP contribution in [0.5, 0.6) is 5.75 Å². The monoisotopic (exact) mass is 306 g/mol. The van der Waals surface area contributed by atoms with E-state index in [1.54, 1.807) is 17.0 Å². The van der Waals surface area contributed by atoms with E-state index in [-0.39, 0.29) is 17.9 Å². The van der Waals surface area contributed by atoms with Gasteiger partial charge in [-0.1, -0.05) is 0 Å². The molecule has 0 aliphatic carbocycles. The maximum absolute atomic E-state index is 12.1. The van der Waals surface area contributed by atoms with Gasteiger partial charge in [0.15, 0.2) is 0 Å². The van der Waals surface area contributed by atoms with Crippen LogP contribution in [0.4, 0.5) is 10.5 Å². The van der Waals surface area contributed by atoms with E-state index in [4.69, 9.17) is 4.74 Å². The molecule has 0 radical (unpaired) electrons. The summed E-state index contributed by atoms with van der Waals surface area (Å²) in [6, 6.07) is 7.46. The van der Waals surface area contributed by atoms with Crippen molar-refractivity contribution in [2.45, 2.75) is 45.3 Å². The molecule has 1 aromatic rings. The molecule has 5 nitrogen and oxygen atoms in total. The first kappa shape index (κ1) is 16.5. The van der Waals surface area contributed by atoms with E-state index in [9.17, 15) is 9.90 Å². The Kier molecular flexibility index (Phi) is 4.84. The third kappa shape index (κ3) is 4.29. The van der Waals surface area contributed by atoms with E-state index in [0.29, 0.717) is 0 Å². The van der Waals surface area contributed by atoms with Crippen molar-refractivity contribution in [1.82, 2.24) is 4.90 Å². The SMILES string of the molecule is CN(C(=O)OC(C)(C)C)C1CCN(c2ccc(O)cc2)CC1. The summed E-state index contributed by atoms with van der Waals surface area (Å²) >= 11 is 0. The van der Waals surface area contributed by atoms with Crippen LogP contribution in [-0.4, -0.2) is 47.9 Å². The van der Waals surface area contributed by atoms with Gasteiger partial charge < -0.3 is 19.6 Å². The van der Waals surface area contributed by atoms with Gasteiger partial charge in [-0.15, -0.1) is 0 Å². The van der Waals surface area contributed by atoms with Crippen molar-refractivity contribution in [2.75, 3.05) is 25.0 Å². The van der Waals surface area contributed by atoms with Gasteiger partial charge in [0.05, 0.1) is 0 Å². The highest BCUT2D eigenvalue weighted by atomic mass is 16.6. The molecule has 0 aromatic heterocycles. The molecule has 2 rings (SSSR count). The number of phenolic OH excluding ortho intramolecular Hbond substituents is 1. The molecule has 0 atom stereocenters. The zero-order valence-corrected chi connectivity index (χ0v) is 13.9. The second kappa shape index (κ2) is 6.46. The number of hydrogen-bond donors (Lipinski definition) is 1. The first-order valence-electron chi connectivity index (χ1n) is 7.76. The number of carbonyl (C=O) groups is 1. The fourth-order valence-corrected chi connectivity index (χ4v) is 2.66. The van der Waals surface area contributed by atoms with Crippen LogP contribution in [-0.2, 0) is 4.74 Å². The second-order valence-electron chi connectivity index (χ2n) is 6.83. The molecular formula is C17H26N2O3. The molecule has 1 aliphatic heterocycles. The molecule has 1 aliphatic rings. The molecule has 0 bridgehead atoms. The molecular weight excluding hydrogens is 280 g/mol. The van der Waals surface area contributed by atoms with E-state index in [1.165, 1.54) is 0 Å². The van der Waals surface area contributed by atoms with Gasteiger partial charge in [-0.3, -0.25) is 0 Å². The predicted molar refractivity (Wildman–Crippen MR) is 87.3 cm³/mol. The number of amides is 1. The summed E-state index contributed by atoms with van der Waals surface area (Å²) in [6.07, 6.45) is 1.57. The topological polar surface area (TPSA) is 53.0 Å². The normalized spacial score (nSPS) is 16.5. The van der Waals surface area contributed by atoms with Gasteiger partial charge in [0, 0.05) is 31.9 Å². The summed E-state index contributed by atoms with van der Waals surface area (Å²) in [4.78, 5) is 16.1. The number of carbonyl (C=O) groups excluding carboxylic acids is 1. The molecule has 1 fully saturated rings. The van der Waals surface area contributed by atoms with E-state index >= 15 is 0 Å². The Morgan fingerprint density at radius 2 is 1.77 bits per heavy atom. The number of benzene rings is 1. The highest BCUT2D eigenvalue weighted by molar-refractivity contribution is 5.68. The van der Waals surface area contributed by atoms with Gasteiger partial charge in [0.25, 0.3) is 0 Å². The predicted octanol–water partition coefficient (Wildman–Crippen LogP) is 3.23. The van der Waals surface area contributed by atoms with E-state index in [0.717, 1.165) is 31.6 Å². The Morgan fingerprint density at radius 3 is 2.27 bits per heavy atom. The number of phenols is 1. The molecule has 5 heteroatoms. The molecule has 122 valence electrons. The van der Waals surface area contributed by atoms with Gasteiger partial charge in [0.1, 0.15) is 11.4 Å². The summed E-state index contributed by atoms with van der Waals surface area (Å²) < 4.78 is 5.42. The van der Waals surface area contributed by atoms with Crippen molar-refractivity contribution in [2.24, 2.45) is 0 Å². The lowest BCUT2D eigenvalue weighted by Crippen LogP contribution is -2.47. The largest absolute Gasteiger partial charge is 0.508 e. The summed E-state index contributed by atoms with van der Waals surface area (Å²) in [5, 5.41) is 9.35. The first-order chi connectivity index (χ1) is 10.3. The van der Waals surface area contributed by atoms with Crippen LogP contribution < -0.4 is 4.90 Å². The van der Waals surface area contributed by atoms with Crippen LogP contribution in [0.25, 0.3) is 0 Å². The van der Waals surface area contributed by atoms with Gasteiger partial charge >= 0.3 is 6.09 Å². The molecule has 0 unspecified atom stereocenters. The quantitative estimate of drug-likeness (QED) is 0.911. The van der Waals surface area contributed by atoms with Crippen LogP contribution in [0.3, 0.4) is 0 Å². The average Bonchev–Trinajstić information content (AvgIpc) is 2.46. The third-order valence-corrected chi connectivity index (χ3v) is 3.91. The summed E-state index contributed by atoms with van der Waals surface area (Å²) in [6.45, 7) is 7.43. The Balaban J connectivity index is 1.88. The van der Waals surface area contributed by atoms with Crippen LogP contribution in [0.2, 0.25) is 0 Å². The lowest BCUT2D eigenvalue weighted by Gasteiger charge is -2.38. The van der Waals surface area contributed by atoms with Crippen molar-refractivity contribution >= 4 is 11.8 Å². The molecule has 1 saturated heterocycles. The second-order valence-corrected chi connectivity index (χ2v) is 6.83. The lowest BCUT2D eigenvalue weighted by molar-refractivity contribution is 0.0201. The van der Waals surface area contributed by atoms with Gasteiger partial charge in [0.2, 0.25) is 0 Å². The first-order valence-corrected chi connectivity index (χ1v) is 7.76. The Morgan fingerprint density at radius 1 is 1.23 bits per heavy atom. The molecule has 0 saturated carbocycles. The molecule has 1 heterocycles. The van der Waals surface area contributed by atoms with Crippen molar-refractivity contribution < 1.29 is 14.6 Å². The van der Waals surface area contributed by atoms with Gasteiger partial charge in [-0.05, 0) is 57.9 Å². The minimum atomic E-state index is -0.460. The fraction of sp³-hybridized carbons (Fsp3) is 0.588. The molecule has 1 aromatic carbocycles. The van der Waals surface area contributed by atoms with Crippen molar-refractivity contribution in [1.29, 1.82) is 0 Å². The van der Waals surface area contributed by atoms with Crippen molar-refractivity contribution in [3.63, 3.8) is 0 Å². The Labute approximate surface area is 132 Å². The van der Waals surface area contributed by atoms with Crippen LogP contribution >= 0.6 is 0 Å². The van der Waals surface area contributed by atoms with E-state index in [2.05, 4.69) is 4.90 Å². The highest BCUT2D eigenvalue weighted by Crippen LogP contribution is 2.24. The van der Waals surface area contributed by atoms with E-state index in [1.807, 2.05) is 40.0 Å². The zero-order valence-electron chi connectivity index (χ0n) is 13.9. The molecule has 1 N–H and O–H groups in total. The smallest absolute Gasteiger partial charge is 0.410 e. The highest BCUT2D eigenvalue weighted by Gasteiger charge is 2.28. The maximum Gasteiger partial charge on any atom is 0.410 e. The number of piperidine rings is 1. The maximum atomic E-state index is 12.1.